The van der Waals surface area contributed by atoms with Crippen LogP contribution in [0.15, 0.2) is 47.5 Å². The number of rotatable bonds is 2. The number of hydrogen-bond donors (Lipinski definition) is 0. The summed E-state index contributed by atoms with van der Waals surface area (Å²) in [5.41, 5.74) is 1.58. The van der Waals surface area contributed by atoms with E-state index in [1.165, 1.54) is 16.7 Å². The molecule has 0 unspecified atom stereocenters. The first-order chi connectivity index (χ1) is 10.1. The van der Waals surface area contributed by atoms with Gasteiger partial charge in [0.1, 0.15) is 0 Å². The molecule has 0 spiro atoms. The van der Waals surface area contributed by atoms with Crippen molar-refractivity contribution in [3.63, 3.8) is 0 Å². The van der Waals surface area contributed by atoms with E-state index < -0.39 is 0 Å². The van der Waals surface area contributed by atoms with Gasteiger partial charge >= 0.3 is 0 Å². The lowest BCUT2D eigenvalue weighted by molar-refractivity contribution is -0.113. The zero-order valence-electron chi connectivity index (χ0n) is 11.1. The molecule has 1 saturated heterocycles. The highest BCUT2D eigenvalue weighted by molar-refractivity contribution is 8.27. The lowest BCUT2D eigenvalue weighted by Gasteiger charge is -2.15. The fraction of sp³-hybridized carbons (Fsp3) is 0.0667. The first-order valence-electron chi connectivity index (χ1n) is 6.22. The van der Waals surface area contributed by atoms with Crippen molar-refractivity contribution in [2.24, 2.45) is 7.05 Å². The van der Waals surface area contributed by atoms with Gasteiger partial charge in [-0.2, -0.15) is 0 Å². The van der Waals surface area contributed by atoms with E-state index in [-0.39, 0.29) is 5.91 Å². The van der Waals surface area contributed by atoms with Crippen molar-refractivity contribution < 1.29 is 4.79 Å². The number of benzene rings is 1. The molecule has 0 N–H and O–H groups in total. The number of aryl methyl sites for hydroxylation is 1. The summed E-state index contributed by atoms with van der Waals surface area (Å²) in [6.07, 6.45) is 3.77. The molecule has 3 nitrogen and oxygen atoms in total. The lowest BCUT2D eigenvalue weighted by atomic mass is 10.3. The monoisotopic (exact) mass is 334 g/mol. The maximum absolute atomic E-state index is 12.6. The van der Waals surface area contributed by atoms with Gasteiger partial charge in [0.05, 0.1) is 15.6 Å². The summed E-state index contributed by atoms with van der Waals surface area (Å²) in [5.74, 6) is -0.140. The van der Waals surface area contributed by atoms with Crippen LogP contribution in [0.5, 0.6) is 0 Å². The first-order valence-corrected chi connectivity index (χ1v) is 7.82. The molecule has 2 aromatic rings. The van der Waals surface area contributed by atoms with Gasteiger partial charge in [0.25, 0.3) is 5.91 Å². The van der Waals surface area contributed by atoms with Gasteiger partial charge in [-0.25, -0.2) is 0 Å². The van der Waals surface area contributed by atoms with Crippen LogP contribution in [0.1, 0.15) is 5.69 Å². The second kappa shape index (κ2) is 5.67. The normalized spacial score (nSPS) is 17.0. The second-order valence-corrected chi connectivity index (χ2v) is 6.60. The average molecular weight is 335 g/mol. The van der Waals surface area contributed by atoms with Crippen LogP contribution in [0.25, 0.3) is 6.08 Å². The van der Waals surface area contributed by atoms with E-state index in [1.54, 1.807) is 12.1 Å². The van der Waals surface area contributed by atoms with Crippen molar-refractivity contribution in [3.8, 4) is 0 Å². The topological polar surface area (TPSA) is 25.2 Å². The molecule has 0 atom stereocenters. The van der Waals surface area contributed by atoms with Crippen molar-refractivity contribution in [2.45, 2.75) is 0 Å². The van der Waals surface area contributed by atoms with Crippen LogP contribution in [-0.2, 0) is 11.8 Å². The molecule has 1 fully saturated rings. The summed E-state index contributed by atoms with van der Waals surface area (Å²) in [5, 5.41) is 0.508. The molecule has 6 heteroatoms. The fourth-order valence-electron chi connectivity index (χ4n) is 2.07. The predicted octanol–water partition coefficient (Wildman–Crippen LogP) is 4.08. The molecule has 0 radical (unpaired) electrons. The predicted molar refractivity (Wildman–Crippen MR) is 92.5 cm³/mol. The number of thiocarbonyl (C=S) groups is 1. The molecular formula is C15H11ClN2OS2. The van der Waals surface area contributed by atoms with Gasteiger partial charge in [0.15, 0.2) is 4.32 Å². The van der Waals surface area contributed by atoms with Crippen LogP contribution in [0, 0.1) is 0 Å². The molecule has 0 saturated carbocycles. The molecule has 0 aliphatic carbocycles. The summed E-state index contributed by atoms with van der Waals surface area (Å²) in [4.78, 5) is 14.7. The number of amides is 1. The standard InChI is InChI=1S/C15H11ClN2OS2/c1-17-8-4-5-10(17)9-13-14(19)18(15(20)21-13)12-7-3-2-6-11(12)16/h2-9H,1H3. The third-order valence-corrected chi connectivity index (χ3v) is 4.77. The average Bonchev–Trinajstić information content (AvgIpc) is 2.97. The Hall–Kier alpha value is -1.56. The highest BCUT2D eigenvalue weighted by Crippen LogP contribution is 2.38. The number of thioether (sulfide) groups is 1. The Morgan fingerprint density at radius 2 is 2.00 bits per heavy atom. The van der Waals surface area contributed by atoms with Crippen LogP contribution in [0.2, 0.25) is 5.02 Å². The van der Waals surface area contributed by atoms with E-state index in [0.717, 1.165) is 5.69 Å². The smallest absolute Gasteiger partial charge is 0.270 e. The maximum atomic E-state index is 12.6. The number of carbonyl (C=O) groups excluding carboxylic acids is 1. The molecule has 1 aliphatic rings. The zero-order chi connectivity index (χ0) is 15.0. The Labute approximate surface area is 137 Å². The molecule has 2 heterocycles. The van der Waals surface area contributed by atoms with Crippen molar-refractivity contribution in [1.82, 2.24) is 4.57 Å². The van der Waals surface area contributed by atoms with E-state index in [4.69, 9.17) is 23.8 Å². The van der Waals surface area contributed by atoms with Gasteiger partial charge in [-0.15, -0.1) is 0 Å². The van der Waals surface area contributed by atoms with Crippen molar-refractivity contribution in [2.75, 3.05) is 4.90 Å². The summed E-state index contributed by atoms with van der Waals surface area (Å²) in [6, 6.07) is 11.1. The van der Waals surface area contributed by atoms with E-state index in [9.17, 15) is 4.79 Å². The van der Waals surface area contributed by atoms with Gasteiger partial charge in [-0.3, -0.25) is 9.69 Å². The third-order valence-electron chi connectivity index (χ3n) is 3.15. The van der Waals surface area contributed by atoms with Crippen molar-refractivity contribution in [3.05, 3.63) is 58.2 Å². The number of carbonyl (C=O) groups is 1. The number of nitrogens with zero attached hydrogens (tertiary/aromatic N) is 2. The minimum atomic E-state index is -0.140. The summed E-state index contributed by atoms with van der Waals surface area (Å²) >= 11 is 12.8. The van der Waals surface area contributed by atoms with Crippen LogP contribution in [0.3, 0.4) is 0 Å². The van der Waals surface area contributed by atoms with E-state index >= 15 is 0 Å². The largest absolute Gasteiger partial charge is 0.351 e. The van der Waals surface area contributed by atoms with Gasteiger partial charge in [0.2, 0.25) is 0 Å². The van der Waals surface area contributed by atoms with E-state index in [0.29, 0.717) is 19.9 Å². The van der Waals surface area contributed by atoms with Crippen LogP contribution >= 0.6 is 35.6 Å². The number of aromatic nitrogens is 1. The minimum Gasteiger partial charge on any atom is -0.351 e. The van der Waals surface area contributed by atoms with Gasteiger partial charge < -0.3 is 4.57 Å². The Morgan fingerprint density at radius 3 is 2.67 bits per heavy atom. The molecule has 106 valence electrons. The number of para-hydroxylation sites is 1. The van der Waals surface area contributed by atoms with Gasteiger partial charge in [-0.05, 0) is 30.3 Å². The number of halogens is 1. The highest BCUT2D eigenvalue weighted by Gasteiger charge is 2.34. The zero-order valence-corrected chi connectivity index (χ0v) is 13.5. The summed E-state index contributed by atoms with van der Waals surface area (Å²) in [7, 11) is 1.93. The molecule has 21 heavy (non-hydrogen) atoms. The molecule has 1 aromatic heterocycles. The van der Waals surface area contributed by atoms with Crippen molar-refractivity contribution in [1.29, 1.82) is 0 Å². The second-order valence-electron chi connectivity index (χ2n) is 4.51. The summed E-state index contributed by atoms with van der Waals surface area (Å²) in [6.45, 7) is 0. The molecule has 1 aromatic carbocycles. The Kier molecular flexibility index (Phi) is 3.89. The minimum absolute atomic E-state index is 0.140. The van der Waals surface area contributed by atoms with E-state index in [1.807, 2.05) is 48.2 Å². The van der Waals surface area contributed by atoms with Gasteiger partial charge in [-0.1, -0.05) is 47.7 Å². The van der Waals surface area contributed by atoms with Crippen LogP contribution < -0.4 is 4.90 Å². The lowest BCUT2D eigenvalue weighted by Crippen LogP contribution is -2.27. The highest BCUT2D eigenvalue weighted by atomic mass is 35.5. The number of hydrogen-bond acceptors (Lipinski definition) is 3. The van der Waals surface area contributed by atoms with Crippen molar-refractivity contribution >= 4 is 57.6 Å². The van der Waals surface area contributed by atoms with Crippen LogP contribution in [-0.4, -0.2) is 14.8 Å². The Balaban J connectivity index is 1.99. The third kappa shape index (κ3) is 2.64. The summed E-state index contributed by atoms with van der Waals surface area (Å²) < 4.78 is 2.44. The molecule has 3 rings (SSSR count). The van der Waals surface area contributed by atoms with Gasteiger partial charge in [0, 0.05) is 18.9 Å². The molecule has 0 bridgehead atoms. The SMILES string of the molecule is Cn1cccc1C=C1SC(=S)N(c2ccccc2Cl)C1=O. The fourth-order valence-corrected chi connectivity index (χ4v) is 3.56. The molecule has 1 aliphatic heterocycles. The van der Waals surface area contributed by atoms with E-state index in [2.05, 4.69) is 0 Å². The maximum Gasteiger partial charge on any atom is 0.270 e. The quantitative estimate of drug-likeness (QED) is 0.611. The molecule has 1 amide bonds. The Bertz CT molecular complexity index is 767. The molecular weight excluding hydrogens is 324 g/mol. The number of anilines is 1. The first kappa shape index (κ1) is 14.4. The Morgan fingerprint density at radius 1 is 1.24 bits per heavy atom. The van der Waals surface area contributed by atoms with Crippen LogP contribution in [0.4, 0.5) is 5.69 Å².